The molecule has 2 heterocycles. The van der Waals surface area contributed by atoms with Crippen LogP contribution in [0.3, 0.4) is 0 Å². The molecule has 6 nitrogen and oxygen atoms in total. The molecule has 0 atom stereocenters. The fourth-order valence-corrected chi connectivity index (χ4v) is 3.88. The van der Waals surface area contributed by atoms with Crippen LogP contribution in [0.4, 0.5) is 0 Å². The third kappa shape index (κ3) is 3.98. The second-order valence-electron chi connectivity index (χ2n) is 8.19. The quantitative estimate of drug-likeness (QED) is 0.755. The van der Waals surface area contributed by atoms with Crippen molar-refractivity contribution in [3.63, 3.8) is 0 Å². The lowest BCUT2D eigenvalue weighted by atomic mass is 9.99. The van der Waals surface area contributed by atoms with Gasteiger partial charge in [-0.25, -0.2) is 0 Å². The molecule has 152 valence electrons. The number of rotatable bonds is 6. The van der Waals surface area contributed by atoms with Crippen molar-refractivity contribution in [3.8, 4) is 0 Å². The van der Waals surface area contributed by atoms with Crippen molar-refractivity contribution in [2.75, 3.05) is 45.9 Å². The fraction of sp³-hybridized carbons (Fsp3) is 0.545. The predicted molar refractivity (Wildman–Crippen MR) is 109 cm³/mol. The predicted octanol–water partition coefficient (Wildman–Crippen LogP) is 1.65. The Balaban J connectivity index is 1.98. The van der Waals surface area contributed by atoms with Crippen molar-refractivity contribution in [2.24, 2.45) is 5.92 Å². The first-order chi connectivity index (χ1) is 13.3. The van der Waals surface area contributed by atoms with Gasteiger partial charge in [0.2, 0.25) is 0 Å². The first-order valence-electron chi connectivity index (χ1n) is 10.1. The summed E-state index contributed by atoms with van der Waals surface area (Å²) in [5.41, 5.74) is 4.17. The maximum atomic E-state index is 13.2. The lowest BCUT2D eigenvalue weighted by molar-refractivity contribution is -0.138. The summed E-state index contributed by atoms with van der Waals surface area (Å²) in [5, 5.41) is 9.16. The van der Waals surface area contributed by atoms with E-state index in [1.54, 1.807) is 0 Å². The second-order valence-corrected chi connectivity index (χ2v) is 8.19. The monoisotopic (exact) mass is 385 g/mol. The van der Waals surface area contributed by atoms with E-state index in [0.29, 0.717) is 37.4 Å². The molecule has 28 heavy (non-hydrogen) atoms. The van der Waals surface area contributed by atoms with Crippen LogP contribution in [0.15, 0.2) is 23.9 Å². The van der Waals surface area contributed by atoms with Crippen molar-refractivity contribution in [3.05, 3.63) is 40.6 Å². The molecular weight excluding hydrogens is 354 g/mol. The minimum absolute atomic E-state index is 0.135. The average Bonchev–Trinajstić information content (AvgIpc) is 2.89. The maximum absolute atomic E-state index is 13.2. The van der Waals surface area contributed by atoms with Gasteiger partial charge in [-0.15, -0.1) is 0 Å². The molecule has 2 aliphatic heterocycles. The Morgan fingerprint density at radius 3 is 2.25 bits per heavy atom. The highest BCUT2D eigenvalue weighted by atomic mass is 16.3. The number of aliphatic hydroxyl groups excluding tert-OH is 1. The number of hydrogen-bond acceptors (Lipinski definition) is 5. The molecule has 2 aliphatic rings. The van der Waals surface area contributed by atoms with Crippen molar-refractivity contribution in [1.29, 1.82) is 0 Å². The molecule has 0 radical (unpaired) electrons. The van der Waals surface area contributed by atoms with E-state index in [1.807, 2.05) is 45.9 Å². The summed E-state index contributed by atoms with van der Waals surface area (Å²) in [6.45, 7) is 12.2. The molecule has 0 aromatic heterocycles. The number of nitrogens with zero attached hydrogens (tertiary/aromatic N) is 3. The van der Waals surface area contributed by atoms with Crippen LogP contribution < -0.4 is 0 Å². The van der Waals surface area contributed by atoms with Gasteiger partial charge < -0.3 is 10.0 Å². The highest BCUT2D eigenvalue weighted by molar-refractivity contribution is 6.35. The van der Waals surface area contributed by atoms with Crippen LogP contribution in [-0.4, -0.2) is 77.5 Å². The summed E-state index contributed by atoms with van der Waals surface area (Å²) in [6.07, 6.45) is 0. The minimum Gasteiger partial charge on any atom is -0.395 e. The number of hydrogen-bond donors (Lipinski definition) is 1. The van der Waals surface area contributed by atoms with Crippen LogP contribution in [0.1, 0.15) is 30.5 Å². The van der Waals surface area contributed by atoms with Gasteiger partial charge in [0.05, 0.1) is 12.2 Å². The van der Waals surface area contributed by atoms with Gasteiger partial charge in [0.1, 0.15) is 5.70 Å². The summed E-state index contributed by atoms with van der Waals surface area (Å²) in [4.78, 5) is 32.1. The Bertz CT molecular complexity index is 792. The van der Waals surface area contributed by atoms with Gasteiger partial charge in [0.15, 0.2) is 0 Å². The van der Waals surface area contributed by atoms with Crippen molar-refractivity contribution < 1.29 is 14.7 Å². The van der Waals surface area contributed by atoms with E-state index in [0.717, 1.165) is 24.2 Å². The molecule has 0 saturated carbocycles. The summed E-state index contributed by atoms with van der Waals surface area (Å²) >= 11 is 0. The molecule has 0 spiro atoms. The average molecular weight is 386 g/mol. The van der Waals surface area contributed by atoms with Gasteiger partial charge in [-0.2, -0.15) is 0 Å². The number of aryl methyl sites for hydroxylation is 2. The molecular formula is C22H31N3O3. The largest absolute Gasteiger partial charge is 0.395 e. The second kappa shape index (κ2) is 8.45. The summed E-state index contributed by atoms with van der Waals surface area (Å²) < 4.78 is 0. The normalized spacial score (nSPS) is 18.8. The third-order valence-electron chi connectivity index (χ3n) is 5.59. The lowest BCUT2D eigenvalue weighted by Crippen LogP contribution is -2.48. The van der Waals surface area contributed by atoms with E-state index in [-0.39, 0.29) is 24.3 Å². The smallest absolute Gasteiger partial charge is 0.277 e. The molecule has 0 bridgehead atoms. The number of imide groups is 1. The first-order valence-corrected chi connectivity index (χ1v) is 10.1. The van der Waals surface area contributed by atoms with Gasteiger partial charge in [0, 0.05) is 39.3 Å². The van der Waals surface area contributed by atoms with Crippen LogP contribution in [0.25, 0.3) is 5.57 Å². The number of carbonyl (C=O) groups is 2. The molecule has 1 aromatic rings. The third-order valence-corrected chi connectivity index (χ3v) is 5.59. The van der Waals surface area contributed by atoms with Gasteiger partial charge in [-0.3, -0.25) is 19.4 Å². The molecule has 1 fully saturated rings. The van der Waals surface area contributed by atoms with Gasteiger partial charge >= 0.3 is 0 Å². The Kier molecular flexibility index (Phi) is 6.20. The number of β-amino-alcohol motifs (C(OH)–C–C–N with tert-alkyl or cyclic N) is 1. The van der Waals surface area contributed by atoms with Crippen molar-refractivity contribution >= 4 is 17.4 Å². The summed E-state index contributed by atoms with van der Waals surface area (Å²) in [7, 11) is 0. The molecule has 3 rings (SSSR count). The zero-order chi connectivity index (χ0) is 20.4. The first kappa shape index (κ1) is 20.6. The summed E-state index contributed by atoms with van der Waals surface area (Å²) in [6, 6.07) is 5.97. The Morgan fingerprint density at radius 2 is 1.68 bits per heavy atom. The number of carbonyl (C=O) groups excluding carboxylic acids is 2. The number of amides is 2. The molecule has 0 unspecified atom stereocenters. The van der Waals surface area contributed by atoms with Crippen LogP contribution >= 0.6 is 0 Å². The molecule has 6 heteroatoms. The Labute approximate surface area is 167 Å². The number of benzene rings is 1. The standard InChI is InChI=1S/C22H31N3O3/c1-15(2)14-25-21(27)19(18-6-5-16(3)17(4)13-18)20(22(25)28)24-9-7-23(8-10-24)11-12-26/h5-6,13,15,26H,7-12,14H2,1-4H3. The van der Waals surface area contributed by atoms with Crippen molar-refractivity contribution in [1.82, 2.24) is 14.7 Å². The van der Waals surface area contributed by atoms with Crippen LogP contribution in [0, 0.1) is 19.8 Å². The van der Waals surface area contributed by atoms with Crippen LogP contribution in [0.5, 0.6) is 0 Å². The zero-order valence-electron chi connectivity index (χ0n) is 17.4. The van der Waals surface area contributed by atoms with Gasteiger partial charge in [-0.1, -0.05) is 32.0 Å². The molecule has 1 aromatic carbocycles. The van der Waals surface area contributed by atoms with Crippen LogP contribution in [-0.2, 0) is 9.59 Å². The lowest BCUT2D eigenvalue weighted by Gasteiger charge is -2.36. The number of piperazine rings is 1. The molecule has 2 amide bonds. The minimum atomic E-state index is -0.185. The molecule has 0 aliphatic carbocycles. The van der Waals surface area contributed by atoms with E-state index in [4.69, 9.17) is 5.11 Å². The highest BCUT2D eigenvalue weighted by Crippen LogP contribution is 2.33. The number of aliphatic hydroxyl groups is 1. The fourth-order valence-electron chi connectivity index (χ4n) is 3.88. The highest BCUT2D eigenvalue weighted by Gasteiger charge is 2.42. The van der Waals surface area contributed by atoms with Gasteiger partial charge in [-0.05, 0) is 36.5 Å². The summed E-state index contributed by atoms with van der Waals surface area (Å²) in [5.74, 6) is -0.146. The Hall–Kier alpha value is -2.18. The molecule has 1 N–H and O–H groups in total. The Morgan fingerprint density at radius 1 is 1.00 bits per heavy atom. The van der Waals surface area contributed by atoms with Crippen molar-refractivity contribution in [2.45, 2.75) is 27.7 Å². The topological polar surface area (TPSA) is 64.1 Å². The van der Waals surface area contributed by atoms with E-state index < -0.39 is 0 Å². The van der Waals surface area contributed by atoms with E-state index in [9.17, 15) is 9.59 Å². The van der Waals surface area contributed by atoms with E-state index >= 15 is 0 Å². The van der Waals surface area contributed by atoms with Gasteiger partial charge in [0.25, 0.3) is 11.8 Å². The molecule has 1 saturated heterocycles. The SMILES string of the molecule is Cc1ccc(C2=C(N3CCN(CCO)CC3)C(=O)N(CC(C)C)C2=O)cc1C. The zero-order valence-corrected chi connectivity index (χ0v) is 17.4. The van der Waals surface area contributed by atoms with Crippen LogP contribution in [0.2, 0.25) is 0 Å². The maximum Gasteiger partial charge on any atom is 0.277 e. The van der Waals surface area contributed by atoms with E-state index in [2.05, 4.69) is 9.80 Å². The van der Waals surface area contributed by atoms with E-state index in [1.165, 1.54) is 10.5 Å².